The second-order valence-corrected chi connectivity index (χ2v) is 7.26. The fourth-order valence-electron chi connectivity index (χ4n) is 3.57. The Balaban J connectivity index is 1.25. The molecule has 1 fully saturated rings. The van der Waals surface area contributed by atoms with Crippen molar-refractivity contribution in [2.45, 2.75) is 25.7 Å². The Morgan fingerprint density at radius 2 is 1.90 bits per heavy atom. The number of hydrogen-bond acceptors (Lipinski definition) is 4. The number of furan rings is 1. The molecule has 0 spiro atoms. The third kappa shape index (κ3) is 4.51. The molecule has 7 heteroatoms. The maximum Gasteiger partial charge on any atom is 0.313 e. The Morgan fingerprint density at radius 1 is 1.03 bits per heavy atom. The van der Waals surface area contributed by atoms with Gasteiger partial charge in [0, 0.05) is 42.7 Å². The lowest BCUT2D eigenvalue weighted by Gasteiger charge is -2.16. The topological polar surface area (TPSA) is 91.7 Å². The van der Waals surface area contributed by atoms with E-state index in [4.69, 9.17) is 4.42 Å². The number of rotatable bonds is 6. The summed E-state index contributed by atoms with van der Waals surface area (Å²) < 4.78 is 5.74. The van der Waals surface area contributed by atoms with Crippen molar-refractivity contribution in [3.8, 4) is 0 Å². The van der Waals surface area contributed by atoms with Crippen LogP contribution in [0.3, 0.4) is 0 Å². The van der Waals surface area contributed by atoms with E-state index in [1.54, 1.807) is 23.1 Å². The molecule has 1 aliphatic rings. The van der Waals surface area contributed by atoms with E-state index in [-0.39, 0.29) is 5.91 Å². The van der Waals surface area contributed by atoms with Crippen LogP contribution in [-0.2, 0) is 20.8 Å². The fourth-order valence-corrected chi connectivity index (χ4v) is 3.57. The monoisotopic (exact) mass is 405 g/mol. The lowest BCUT2D eigenvalue weighted by atomic mass is 10.2. The maximum absolute atomic E-state index is 12.2. The molecule has 1 aliphatic heterocycles. The molecule has 0 saturated carbocycles. The first-order valence-electron chi connectivity index (χ1n) is 10.1. The van der Waals surface area contributed by atoms with Crippen LogP contribution in [-0.4, -0.2) is 30.8 Å². The Morgan fingerprint density at radius 3 is 2.70 bits per heavy atom. The van der Waals surface area contributed by atoms with Crippen molar-refractivity contribution >= 4 is 40.1 Å². The Bertz CT molecular complexity index is 1060. The van der Waals surface area contributed by atoms with Gasteiger partial charge in [0.25, 0.3) is 0 Å². The smallest absolute Gasteiger partial charge is 0.313 e. The summed E-state index contributed by atoms with van der Waals surface area (Å²) in [5, 5.41) is 6.27. The average molecular weight is 405 g/mol. The highest BCUT2D eigenvalue weighted by atomic mass is 16.3. The Kier molecular flexibility index (Phi) is 5.79. The van der Waals surface area contributed by atoms with Crippen molar-refractivity contribution in [3.63, 3.8) is 0 Å². The highest BCUT2D eigenvalue weighted by Crippen LogP contribution is 2.24. The molecule has 4 rings (SSSR count). The van der Waals surface area contributed by atoms with Gasteiger partial charge in [0.1, 0.15) is 11.3 Å². The molecule has 0 aliphatic carbocycles. The Hall–Kier alpha value is -3.61. The molecule has 0 unspecified atom stereocenters. The first kappa shape index (κ1) is 19.7. The molecule has 1 saturated heterocycles. The van der Waals surface area contributed by atoms with E-state index in [1.165, 1.54) is 0 Å². The van der Waals surface area contributed by atoms with Gasteiger partial charge in [-0.25, -0.2) is 0 Å². The van der Waals surface area contributed by atoms with Crippen LogP contribution in [0.5, 0.6) is 0 Å². The fraction of sp³-hybridized carbons (Fsp3) is 0.261. The molecule has 0 bridgehead atoms. The minimum atomic E-state index is -0.733. The summed E-state index contributed by atoms with van der Waals surface area (Å²) in [6.45, 7) is 1.04. The summed E-state index contributed by atoms with van der Waals surface area (Å²) in [7, 11) is 0. The minimum Gasteiger partial charge on any atom is -0.461 e. The molecule has 7 nitrogen and oxygen atoms in total. The van der Waals surface area contributed by atoms with E-state index in [9.17, 15) is 14.4 Å². The summed E-state index contributed by atoms with van der Waals surface area (Å²) in [4.78, 5) is 37.8. The van der Waals surface area contributed by atoms with Crippen molar-refractivity contribution in [1.82, 2.24) is 5.32 Å². The summed E-state index contributed by atoms with van der Waals surface area (Å²) in [6, 6.07) is 16.7. The molecule has 30 heavy (non-hydrogen) atoms. The maximum atomic E-state index is 12.2. The van der Waals surface area contributed by atoms with E-state index in [0.717, 1.165) is 28.8 Å². The van der Waals surface area contributed by atoms with Crippen LogP contribution in [0, 0.1) is 0 Å². The molecule has 2 N–H and O–H groups in total. The van der Waals surface area contributed by atoms with Gasteiger partial charge < -0.3 is 20.0 Å². The lowest BCUT2D eigenvalue weighted by Crippen LogP contribution is -2.36. The summed E-state index contributed by atoms with van der Waals surface area (Å²) in [5.41, 5.74) is 2.05. The van der Waals surface area contributed by atoms with E-state index in [2.05, 4.69) is 10.6 Å². The number of nitrogens with one attached hydrogen (secondary N) is 2. The number of benzene rings is 2. The van der Waals surface area contributed by atoms with Gasteiger partial charge in [-0.1, -0.05) is 24.3 Å². The van der Waals surface area contributed by atoms with Gasteiger partial charge >= 0.3 is 11.8 Å². The van der Waals surface area contributed by atoms with Crippen LogP contribution in [0.2, 0.25) is 0 Å². The third-order valence-electron chi connectivity index (χ3n) is 5.06. The molecule has 3 amide bonds. The Labute approximate surface area is 174 Å². The van der Waals surface area contributed by atoms with E-state index < -0.39 is 11.8 Å². The van der Waals surface area contributed by atoms with Crippen molar-refractivity contribution in [1.29, 1.82) is 0 Å². The van der Waals surface area contributed by atoms with E-state index >= 15 is 0 Å². The molecular weight excluding hydrogens is 382 g/mol. The predicted octanol–water partition coefficient (Wildman–Crippen LogP) is 3.25. The highest BCUT2D eigenvalue weighted by molar-refractivity contribution is 6.39. The SMILES string of the molecule is O=C(NCCCc1cc2ccccc2o1)C(=O)Nc1cccc(N2CCCC2=O)c1. The summed E-state index contributed by atoms with van der Waals surface area (Å²) in [5.74, 6) is -0.505. The molecule has 0 radical (unpaired) electrons. The van der Waals surface area contributed by atoms with E-state index in [1.807, 2.05) is 36.4 Å². The van der Waals surface area contributed by atoms with Crippen molar-refractivity contribution in [3.05, 3.63) is 60.4 Å². The van der Waals surface area contributed by atoms with Crippen LogP contribution in [0.1, 0.15) is 25.0 Å². The van der Waals surface area contributed by atoms with Crippen LogP contribution in [0.4, 0.5) is 11.4 Å². The molecule has 1 aromatic heterocycles. The number of amides is 3. The second-order valence-electron chi connectivity index (χ2n) is 7.26. The van der Waals surface area contributed by atoms with Gasteiger partial charge in [0.15, 0.2) is 0 Å². The minimum absolute atomic E-state index is 0.0701. The molecule has 0 atom stereocenters. The number of anilines is 2. The van der Waals surface area contributed by atoms with Crippen LogP contribution in [0.25, 0.3) is 11.0 Å². The van der Waals surface area contributed by atoms with E-state index in [0.29, 0.717) is 38.0 Å². The van der Waals surface area contributed by atoms with Gasteiger partial charge in [-0.2, -0.15) is 0 Å². The first-order chi connectivity index (χ1) is 14.6. The molecule has 2 aromatic carbocycles. The van der Waals surface area contributed by atoms with Gasteiger partial charge in [-0.3, -0.25) is 14.4 Å². The largest absolute Gasteiger partial charge is 0.461 e. The number of para-hydroxylation sites is 1. The van der Waals surface area contributed by atoms with Crippen molar-refractivity contribution in [2.24, 2.45) is 0 Å². The summed E-state index contributed by atoms with van der Waals surface area (Å²) >= 11 is 0. The lowest BCUT2D eigenvalue weighted by molar-refractivity contribution is -0.136. The van der Waals surface area contributed by atoms with Crippen molar-refractivity contribution < 1.29 is 18.8 Å². The molecule has 154 valence electrons. The zero-order valence-corrected chi connectivity index (χ0v) is 16.5. The molecular formula is C23H23N3O4. The molecule has 2 heterocycles. The number of carbonyl (C=O) groups is 3. The average Bonchev–Trinajstić information content (AvgIpc) is 3.36. The predicted molar refractivity (Wildman–Crippen MR) is 114 cm³/mol. The number of hydrogen-bond donors (Lipinski definition) is 2. The molecule has 3 aromatic rings. The summed E-state index contributed by atoms with van der Waals surface area (Å²) in [6.07, 6.45) is 2.69. The normalized spacial score (nSPS) is 13.6. The number of fused-ring (bicyclic) bond motifs is 1. The highest BCUT2D eigenvalue weighted by Gasteiger charge is 2.22. The first-order valence-corrected chi connectivity index (χ1v) is 10.1. The van der Waals surface area contributed by atoms with Crippen LogP contribution in [0.15, 0.2) is 59.0 Å². The number of aryl methyl sites for hydroxylation is 1. The third-order valence-corrected chi connectivity index (χ3v) is 5.06. The van der Waals surface area contributed by atoms with Gasteiger partial charge in [-0.05, 0) is 43.2 Å². The van der Waals surface area contributed by atoms with Crippen LogP contribution >= 0.6 is 0 Å². The zero-order chi connectivity index (χ0) is 20.9. The van der Waals surface area contributed by atoms with Gasteiger partial charge in [-0.15, -0.1) is 0 Å². The number of carbonyl (C=O) groups excluding carboxylic acids is 3. The van der Waals surface area contributed by atoms with Crippen molar-refractivity contribution in [2.75, 3.05) is 23.3 Å². The number of nitrogens with zero attached hydrogens (tertiary/aromatic N) is 1. The van der Waals surface area contributed by atoms with Gasteiger partial charge in [0.2, 0.25) is 5.91 Å². The standard InChI is InChI=1S/C23H23N3O4/c27-21-11-5-13-26(21)18-8-3-7-17(15-18)25-23(29)22(28)24-12-4-9-19-14-16-6-1-2-10-20(16)30-19/h1-3,6-8,10,14-15H,4-5,9,11-13H2,(H,24,28)(H,25,29). The van der Waals surface area contributed by atoms with Crippen LogP contribution < -0.4 is 15.5 Å². The zero-order valence-electron chi connectivity index (χ0n) is 16.5. The second kappa shape index (κ2) is 8.82. The van der Waals surface area contributed by atoms with Gasteiger partial charge in [0.05, 0.1) is 0 Å². The quantitative estimate of drug-likeness (QED) is 0.486.